The van der Waals surface area contributed by atoms with E-state index in [1.54, 1.807) is 0 Å². The second-order valence-electron chi connectivity index (χ2n) is 0.957. The van der Waals surface area contributed by atoms with E-state index in [1.165, 1.54) is 0 Å². The summed E-state index contributed by atoms with van der Waals surface area (Å²) in [4.78, 5) is 0. The second kappa shape index (κ2) is 2.34. The molecule has 6 heteroatoms. The first-order chi connectivity index (χ1) is 2.94. The summed E-state index contributed by atoms with van der Waals surface area (Å²) in [6, 6.07) is 0. The van der Waals surface area contributed by atoms with Crippen LogP contribution in [0, 0.1) is 0 Å². The molecule has 0 saturated heterocycles. The van der Waals surface area contributed by atoms with Crippen molar-refractivity contribution < 1.29 is 8.42 Å². The van der Waals surface area contributed by atoms with Crippen LogP contribution in [0.4, 0.5) is 0 Å². The summed E-state index contributed by atoms with van der Waals surface area (Å²) >= 11 is 8.62. The van der Waals surface area contributed by atoms with Crippen LogP contribution in [-0.2, 0) is 38.3 Å². The summed E-state index contributed by atoms with van der Waals surface area (Å²) < 4.78 is 20.3. The van der Waals surface area contributed by atoms with Crippen LogP contribution in [0.3, 0.4) is 0 Å². The van der Waals surface area contributed by atoms with Gasteiger partial charge in [0.05, 0.1) is 0 Å². The molecule has 0 N–H and O–H groups in total. The van der Waals surface area contributed by atoms with Gasteiger partial charge in [0, 0.05) is 13.3 Å². The quantitative estimate of drug-likeness (QED) is 0.420. The molecule has 0 rings (SSSR count). The van der Waals surface area contributed by atoms with Gasteiger partial charge in [-0.1, -0.05) is 0 Å². The van der Waals surface area contributed by atoms with Gasteiger partial charge in [0.1, 0.15) is 0 Å². The Morgan fingerprint density at radius 1 is 1.43 bits per heavy atom. The standard InChI is InChI=1S/CH4O2S4/c1-7(2,3)6(4)5/h6H,1H3. The number of hydrogen-bond acceptors (Lipinski definition) is 4. The van der Waals surface area contributed by atoms with E-state index in [1.807, 2.05) is 0 Å². The monoisotopic (exact) mass is 176 g/mol. The lowest BCUT2D eigenvalue weighted by Crippen LogP contribution is -1.92. The molecule has 0 heterocycles. The summed E-state index contributed by atoms with van der Waals surface area (Å²) in [5.41, 5.74) is 0. The maximum atomic E-state index is 10.2. The third-order valence-electron chi connectivity index (χ3n) is 0.271. The van der Waals surface area contributed by atoms with Crippen molar-refractivity contribution in [3.63, 3.8) is 0 Å². The molecule has 0 aromatic heterocycles. The Morgan fingerprint density at radius 2 is 1.57 bits per heavy atom. The van der Waals surface area contributed by atoms with Gasteiger partial charge in [-0.2, -0.15) is 0 Å². The minimum Gasteiger partial charge on any atom is -0.217 e. The van der Waals surface area contributed by atoms with Gasteiger partial charge >= 0.3 is 0 Å². The van der Waals surface area contributed by atoms with E-state index in [4.69, 9.17) is 0 Å². The van der Waals surface area contributed by atoms with Crippen molar-refractivity contribution in [2.45, 2.75) is 0 Å². The lowest BCUT2D eigenvalue weighted by atomic mass is 12.0. The van der Waals surface area contributed by atoms with E-state index in [0.29, 0.717) is 0 Å². The molecule has 0 saturated carbocycles. The molecule has 0 aromatic rings. The maximum Gasteiger partial charge on any atom is 0.202 e. The van der Waals surface area contributed by atoms with E-state index >= 15 is 0 Å². The predicted octanol–water partition coefficient (Wildman–Crippen LogP) is -0.780. The molecule has 0 amide bonds. The zero-order chi connectivity index (χ0) is 6.08. The van der Waals surface area contributed by atoms with E-state index in [9.17, 15) is 8.42 Å². The van der Waals surface area contributed by atoms with Crippen LogP contribution in [0.2, 0.25) is 0 Å². The summed E-state index contributed by atoms with van der Waals surface area (Å²) in [6.07, 6.45) is 1.05. The molecule has 0 spiro atoms. The van der Waals surface area contributed by atoms with Crippen molar-refractivity contribution in [1.29, 1.82) is 0 Å². The van der Waals surface area contributed by atoms with Crippen LogP contribution < -0.4 is 0 Å². The van der Waals surface area contributed by atoms with E-state index in [2.05, 4.69) is 22.4 Å². The normalized spacial score (nSPS) is 12.3. The van der Waals surface area contributed by atoms with Crippen molar-refractivity contribution in [2.24, 2.45) is 0 Å². The van der Waals surface area contributed by atoms with Crippen LogP contribution in [-0.4, -0.2) is 14.7 Å². The van der Waals surface area contributed by atoms with Gasteiger partial charge in [-0.25, -0.2) is 8.42 Å². The minimum absolute atomic E-state index is 1.05. The third kappa shape index (κ3) is 3.33. The summed E-state index contributed by atoms with van der Waals surface area (Å²) in [5.74, 6) is 0. The van der Waals surface area contributed by atoms with Crippen LogP contribution >= 0.6 is 0 Å². The van der Waals surface area contributed by atoms with Gasteiger partial charge in [-0.05, 0) is 22.4 Å². The third-order valence-corrected chi connectivity index (χ3v) is 7.31. The van der Waals surface area contributed by atoms with Gasteiger partial charge in [0.2, 0.25) is 8.87 Å². The fourth-order valence-corrected chi connectivity index (χ4v) is 0. The molecule has 0 aliphatic rings. The lowest BCUT2D eigenvalue weighted by Gasteiger charge is -1.79. The zero-order valence-electron chi connectivity index (χ0n) is 3.49. The molecular weight excluding hydrogens is 172 g/mol. The van der Waals surface area contributed by atoms with Crippen LogP contribution in [0.1, 0.15) is 0 Å². The summed E-state index contributed by atoms with van der Waals surface area (Å²) in [5, 5.41) is 0. The number of hydrogen-bond donors (Lipinski definition) is 1. The molecule has 44 valence electrons. The van der Waals surface area contributed by atoms with Crippen molar-refractivity contribution in [2.75, 3.05) is 6.26 Å². The van der Waals surface area contributed by atoms with Crippen LogP contribution in [0.15, 0.2) is 0 Å². The molecule has 0 fully saturated rings. The van der Waals surface area contributed by atoms with Crippen molar-refractivity contribution in [3.8, 4) is 0 Å². The molecule has 0 unspecified atom stereocenters. The number of thiol groups is 1. The summed E-state index contributed by atoms with van der Waals surface area (Å²) in [7, 11) is -4.65. The fourth-order valence-electron chi connectivity index (χ4n) is 0. The highest BCUT2D eigenvalue weighted by Crippen LogP contribution is 1.79. The first-order valence-corrected chi connectivity index (χ1v) is 7.15. The van der Waals surface area contributed by atoms with Gasteiger partial charge in [0.25, 0.3) is 0 Å². The van der Waals surface area contributed by atoms with E-state index < -0.39 is 15.9 Å². The Bertz CT molecular complexity index is 198. The van der Waals surface area contributed by atoms with Gasteiger partial charge in [0.15, 0.2) is 0 Å². The maximum absolute atomic E-state index is 10.2. The van der Waals surface area contributed by atoms with Gasteiger partial charge < -0.3 is 0 Å². The highest BCUT2D eigenvalue weighted by molar-refractivity contribution is 8.86. The molecule has 0 bridgehead atoms. The highest BCUT2D eigenvalue weighted by Gasteiger charge is 1.92. The van der Waals surface area contributed by atoms with Crippen molar-refractivity contribution in [3.05, 3.63) is 0 Å². The van der Waals surface area contributed by atoms with E-state index in [0.717, 1.165) is 6.26 Å². The van der Waals surface area contributed by atoms with Gasteiger partial charge in [-0.3, -0.25) is 0 Å². The van der Waals surface area contributed by atoms with E-state index in [-0.39, 0.29) is 0 Å². The molecule has 0 aromatic carbocycles. The molecule has 7 heavy (non-hydrogen) atoms. The van der Waals surface area contributed by atoms with Crippen molar-refractivity contribution in [1.82, 2.24) is 0 Å². The highest BCUT2D eigenvalue weighted by atomic mass is 33.5. The SMILES string of the molecule is CS(=O)(=O)[SH](=S)=S. The first kappa shape index (κ1) is 7.74. The minimum atomic E-state index is -3.05. The second-order valence-corrected chi connectivity index (χ2v) is 10.2. The lowest BCUT2D eigenvalue weighted by molar-refractivity contribution is 0.616. The van der Waals surface area contributed by atoms with Crippen LogP contribution in [0.5, 0.6) is 0 Å². The Morgan fingerprint density at radius 3 is 1.57 bits per heavy atom. The Balaban J connectivity index is 4.82. The zero-order valence-corrected chi connectivity index (χ0v) is 6.83. The Hall–Kier alpha value is 0.740. The Kier molecular flexibility index (Phi) is 2.59. The average Bonchev–Trinajstić information content (AvgIpc) is 1.31. The molecule has 0 atom stereocenters. The molecule has 0 aliphatic heterocycles. The number of rotatable bonds is 1. The Labute approximate surface area is 53.1 Å². The molecule has 2 nitrogen and oxygen atoms in total. The fraction of sp³-hybridized carbons (Fsp3) is 1.00. The summed E-state index contributed by atoms with van der Waals surface area (Å²) in [6.45, 7) is 0. The smallest absolute Gasteiger partial charge is 0.202 e. The molecule has 0 radical (unpaired) electrons. The van der Waals surface area contributed by atoms with Crippen LogP contribution in [0.25, 0.3) is 0 Å². The average molecular weight is 176 g/mol. The largest absolute Gasteiger partial charge is 0.217 e. The first-order valence-electron chi connectivity index (χ1n) is 1.29. The molecule has 0 aliphatic carbocycles. The predicted molar refractivity (Wildman–Crippen MR) is 38.3 cm³/mol. The molecular formula is CH4O2S4. The van der Waals surface area contributed by atoms with Gasteiger partial charge in [-0.15, -0.1) is 0 Å². The van der Waals surface area contributed by atoms with Crippen molar-refractivity contribution >= 4 is 38.3 Å². The topological polar surface area (TPSA) is 34.1 Å².